The zero-order valence-electron chi connectivity index (χ0n) is 16.4. The highest BCUT2D eigenvalue weighted by atomic mass is 16.3. The summed E-state index contributed by atoms with van der Waals surface area (Å²) < 4.78 is 0. The summed E-state index contributed by atoms with van der Waals surface area (Å²) in [7, 11) is 0. The number of aliphatic hydroxyl groups excluding tert-OH is 1. The van der Waals surface area contributed by atoms with Gasteiger partial charge in [-0.05, 0) is 36.3 Å². The molecule has 1 amide bonds. The van der Waals surface area contributed by atoms with Crippen molar-refractivity contribution in [2.45, 2.75) is 13.3 Å². The SMILES string of the molecule is Cc1ccc(N2C(=O)C(CCO)=CC2=C(c2ccccc2)c2ccccc2)cc1. The minimum atomic E-state index is -0.0812. The van der Waals surface area contributed by atoms with Crippen LogP contribution in [0.5, 0.6) is 0 Å². The second kappa shape index (κ2) is 8.29. The van der Waals surface area contributed by atoms with E-state index in [0.717, 1.165) is 33.6 Å². The number of carbonyl (C=O) groups excluding carboxylic acids is 1. The number of anilines is 1. The molecule has 1 heterocycles. The molecule has 0 aromatic heterocycles. The molecule has 3 aromatic rings. The van der Waals surface area contributed by atoms with Crippen LogP contribution >= 0.6 is 0 Å². The van der Waals surface area contributed by atoms with E-state index in [4.69, 9.17) is 0 Å². The van der Waals surface area contributed by atoms with Crippen molar-refractivity contribution in [1.29, 1.82) is 0 Å². The van der Waals surface area contributed by atoms with Crippen LogP contribution in [0.2, 0.25) is 0 Å². The molecule has 29 heavy (non-hydrogen) atoms. The summed E-state index contributed by atoms with van der Waals surface area (Å²) in [5.41, 5.74) is 6.49. The Labute approximate surface area is 171 Å². The van der Waals surface area contributed by atoms with E-state index in [9.17, 15) is 9.90 Å². The number of nitrogens with zero attached hydrogens (tertiary/aromatic N) is 1. The lowest BCUT2D eigenvalue weighted by molar-refractivity contribution is -0.114. The summed E-state index contributed by atoms with van der Waals surface area (Å²) in [6.07, 6.45) is 2.26. The van der Waals surface area contributed by atoms with E-state index in [1.165, 1.54) is 0 Å². The van der Waals surface area contributed by atoms with E-state index < -0.39 is 0 Å². The number of amides is 1. The van der Waals surface area contributed by atoms with Crippen LogP contribution in [0.1, 0.15) is 23.1 Å². The second-order valence-electron chi connectivity index (χ2n) is 7.11. The van der Waals surface area contributed by atoms with E-state index >= 15 is 0 Å². The third-order valence-electron chi connectivity index (χ3n) is 5.08. The topological polar surface area (TPSA) is 40.5 Å². The minimum absolute atomic E-state index is 0.0569. The van der Waals surface area contributed by atoms with Gasteiger partial charge in [0.05, 0.1) is 5.70 Å². The molecule has 1 N–H and O–H groups in total. The van der Waals surface area contributed by atoms with Gasteiger partial charge in [-0.2, -0.15) is 0 Å². The first kappa shape index (κ1) is 18.9. The third-order valence-corrected chi connectivity index (χ3v) is 5.08. The monoisotopic (exact) mass is 381 g/mol. The number of aliphatic hydroxyl groups is 1. The first-order valence-electron chi connectivity index (χ1n) is 9.76. The molecule has 3 heteroatoms. The maximum Gasteiger partial charge on any atom is 0.258 e. The zero-order chi connectivity index (χ0) is 20.2. The van der Waals surface area contributed by atoms with Crippen molar-refractivity contribution in [3.63, 3.8) is 0 Å². The first-order chi connectivity index (χ1) is 14.2. The summed E-state index contributed by atoms with van der Waals surface area (Å²) in [6.45, 7) is 1.97. The number of rotatable bonds is 5. The molecule has 0 unspecified atom stereocenters. The van der Waals surface area contributed by atoms with Crippen LogP contribution in [-0.2, 0) is 4.79 Å². The van der Waals surface area contributed by atoms with Crippen LogP contribution in [0.3, 0.4) is 0 Å². The van der Waals surface area contributed by atoms with Crippen LogP contribution < -0.4 is 4.90 Å². The quantitative estimate of drug-likeness (QED) is 0.667. The van der Waals surface area contributed by atoms with Gasteiger partial charge in [0.1, 0.15) is 0 Å². The maximum atomic E-state index is 13.3. The van der Waals surface area contributed by atoms with Crippen molar-refractivity contribution < 1.29 is 9.90 Å². The van der Waals surface area contributed by atoms with Gasteiger partial charge in [-0.15, -0.1) is 0 Å². The third kappa shape index (κ3) is 3.78. The molecule has 0 bridgehead atoms. The van der Waals surface area contributed by atoms with Crippen LogP contribution in [0.4, 0.5) is 5.69 Å². The maximum absolute atomic E-state index is 13.3. The van der Waals surface area contributed by atoms with Crippen molar-refractivity contribution in [1.82, 2.24) is 0 Å². The van der Waals surface area contributed by atoms with E-state index in [0.29, 0.717) is 12.0 Å². The van der Waals surface area contributed by atoms with Gasteiger partial charge in [0.2, 0.25) is 0 Å². The average molecular weight is 381 g/mol. The Hall–Kier alpha value is -3.43. The minimum Gasteiger partial charge on any atom is -0.396 e. The van der Waals surface area contributed by atoms with Crippen molar-refractivity contribution in [2.24, 2.45) is 0 Å². The smallest absolute Gasteiger partial charge is 0.258 e. The average Bonchev–Trinajstić information content (AvgIpc) is 3.07. The Bertz CT molecular complexity index is 1020. The van der Waals surface area contributed by atoms with Crippen molar-refractivity contribution in [3.05, 3.63) is 119 Å². The molecule has 0 saturated carbocycles. The highest BCUT2D eigenvalue weighted by molar-refractivity contribution is 6.14. The number of aryl methyl sites for hydroxylation is 1. The predicted octanol–water partition coefficient (Wildman–Crippen LogP) is 5.11. The highest BCUT2D eigenvalue weighted by Crippen LogP contribution is 2.37. The fourth-order valence-corrected chi connectivity index (χ4v) is 3.65. The fraction of sp³-hybridized carbons (Fsp3) is 0.115. The van der Waals surface area contributed by atoms with Gasteiger partial charge in [-0.3, -0.25) is 9.69 Å². The lowest BCUT2D eigenvalue weighted by Gasteiger charge is -2.23. The summed E-state index contributed by atoms with van der Waals surface area (Å²) in [5.74, 6) is -0.0812. The normalized spacial score (nSPS) is 13.6. The molecule has 0 saturated heterocycles. The van der Waals surface area contributed by atoms with Crippen LogP contribution in [0.15, 0.2) is 102 Å². The Balaban J connectivity index is 1.98. The second-order valence-corrected chi connectivity index (χ2v) is 7.11. The predicted molar refractivity (Wildman–Crippen MR) is 117 cm³/mol. The highest BCUT2D eigenvalue weighted by Gasteiger charge is 2.31. The van der Waals surface area contributed by atoms with E-state index in [1.54, 1.807) is 4.90 Å². The Morgan fingerprint density at radius 2 is 1.38 bits per heavy atom. The molecular weight excluding hydrogens is 358 g/mol. The summed E-state index contributed by atoms with van der Waals surface area (Å²) in [4.78, 5) is 15.0. The van der Waals surface area contributed by atoms with Gasteiger partial charge in [-0.25, -0.2) is 0 Å². The van der Waals surface area contributed by atoms with Crippen LogP contribution in [-0.4, -0.2) is 17.6 Å². The largest absolute Gasteiger partial charge is 0.396 e. The van der Waals surface area contributed by atoms with E-state index in [1.807, 2.05) is 73.7 Å². The molecular formula is C26H23NO2. The van der Waals surface area contributed by atoms with E-state index in [2.05, 4.69) is 24.3 Å². The van der Waals surface area contributed by atoms with Crippen LogP contribution in [0, 0.1) is 6.92 Å². The van der Waals surface area contributed by atoms with Gasteiger partial charge >= 0.3 is 0 Å². The van der Waals surface area contributed by atoms with Gasteiger partial charge in [0.25, 0.3) is 5.91 Å². The number of hydrogen-bond donors (Lipinski definition) is 1. The molecule has 0 spiro atoms. The van der Waals surface area contributed by atoms with E-state index in [-0.39, 0.29) is 12.5 Å². The van der Waals surface area contributed by atoms with Crippen molar-refractivity contribution in [2.75, 3.05) is 11.5 Å². The molecule has 1 aliphatic rings. The summed E-state index contributed by atoms with van der Waals surface area (Å²) in [6, 6.07) is 28.2. The number of carbonyl (C=O) groups is 1. The number of benzene rings is 3. The first-order valence-corrected chi connectivity index (χ1v) is 9.76. The molecule has 3 aromatic carbocycles. The Morgan fingerprint density at radius 1 is 0.828 bits per heavy atom. The Morgan fingerprint density at radius 3 is 1.90 bits per heavy atom. The lowest BCUT2D eigenvalue weighted by atomic mass is 9.95. The molecule has 0 fully saturated rings. The van der Waals surface area contributed by atoms with Crippen molar-refractivity contribution in [3.8, 4) is 0 Å². The summed E-state index contributed by atoms with van der Waals surface area (Å²) in [5, 5.41) is 9.47. The molecule has 3 nitrogen and oxygen atoms in total. The summed E-state index contributed by atoms with van der Waals surface area (Å²) >= 11 is 0. The molecule has 0 radical (unpaired) electrons. The van der Waals surface area contributed by atoms with Gasteiger partial charge in [-0.1, -0.05) is 78.4 Å². The molecule has 1 aliphatic heterocycles. The molecule has 4 rings (SSSR count). The Kier molecular flexibility index (Phi) is 5.41. The number of allylic oxidation sites excluding steroid dienone is 1. The van der Waals surface area contributed by atoms with Gasteiger partial charge < -0.3 is 5.11 Å². The van der Waals surface area contributed by atoms with Gasteiger partial charge in [0.15, 0.2) is 0 Å². The van der Waals surface area contributed by atoms with Crippen molar-refractivity contribution >= 4 is 17.2 Å². The number of hydrogen-bond acceptors (Lipinski definition) is 2. The molecule has 0 aliphatic carbocycles. The molecule has 0 atom stereocenters. The van der Waals surface area contributed by atoms with Gasteiger partial charge in [0, 0.05) is 29.9 Å². The standard InChI is InChI=1S/C26H23NO2/c1-19-12-14-23(15-13-19)27-24(18-22(16-17-28)26(27)29)25(20-8-4-2-5-9-20)21-10-6-3-7-11-21/h2-15,18,28H,16-17H2,1H3. The zero-order valence-corrected chi connectivity index (χ0v) is 16.4. The van der Waals surface area contributed by atoms with Crippen LogP contribution in [0.25, 0.3) is 5.57 Å². The molecule has 144 valence electrons. The lowest BCUT2D eigenvalue weighted by Crippen LogP contribution is -2.26. The fourth-order valence-electron chi connectivity index (χ4n) is 3.65.